The molecular weight excluding hydrogens is 246 g/mol. The fraction of sp³-hybridized carbons (Fsp3) is 0.692. The number of nitrogens with zero attached hydrogens (tertiary/aromatic N) is 1. The third kappa shape index (κ3) is 3.78. The fourth-order valence-electron chi connectivity index (χ4n) is 1.25. The van der Waals surface area contributed by atoms with Crippen molar-refractivity contribution in [2.45, 2.75) is 53.0 Å². The van der Waals surface area contributed by atoms with Gasteiger partial charge in [0.05, 0.1) is 11.7 Å². The predicted molar refractivity (Wildman–Crippen MR) is 76.9 cm³/mol. The van der Waals surface area contributed by atoms with Crippen molar-refractivity contribution in [3.8, 4) is 0 Å². The molecule has 0 fully saturated rings. The molecule has 18 heavy (non-hydrogen) atoms. The monoisotopic (exact) mass is 269 g/mol. The molecule has 0 aliphatic rings. The van der Waals surface area contributed by atoms with Crippen LogP contribution < -0.4 is 11.1 Å². The fourth-order valence-corrected chi connectivity index (χ4v) is 2.19. The van der Waals surface area contributed by atoms with Gasteiger partial charge in [-0.15, -0.1) is 11.3 Å². The summed E-state index contributed by atoms with van der Waals surface area (Å²) in [6, 6.07) is -0.542. The van der Waals surface area contributed by atoms with E-state index in [9.17, 15) is 4.79 Å². The van der Waals surface area contributed by atoms with E-state index in [1.165, 1.54) is 11.3 Å². The molecule has 0 unspecified atom stereocenters. The number of carbonyl (C=O) groups is 1. The number of nitrogens with two attached hydrogens (primary N) is 1. The molecule has 0 saturated carbocycles. The molecule has 0 aliphatic heterocycles. The molecule has 0 spiro atoms. The number of thiazole rings is 1. The van der Waals surface area contributed by atoms with Crippen LogP contribution in [-0.2, 0) is 10.2 Å². The lowest BCUT2D eigenvalue weighted by Crippen LogP contribution is -2.45. The Bertz CT molecular complexity index is 426. The Hall–Kier alpha value is -0.940. The van der Waals surface area contributed by atoms with Crippen LogP contribution in [0, 0.1) is 5.41 Å². The van der Waals surface area contributed by atoms with Crippen LogP contribution >= 0.6 is 11.3 Å². The molecule has 3 N–H and O–H groups in total. The van der Waals surface area contributed by atoms with Crippen molar-refractivity contribution in [2.24, 2.45) is 11.1 Å². The summed E-state index contributed by atoms with van der Waals surface area (Å²) < 4.78 is 0. The number of carbonyl (C=O) groups excluding carboxylic acids is 1. The zero-order chi connectivity index (χ0) is 14.1. The Labute approximate surface area is 113 Å². The van der Waals surface area contributed by atoms with Gasteiger partial charge in [-0.25, -0.2) is 4.98 Å². The highest BCUT2D eigenvalue weighted by Gasteiger charge is 2.28. The molecule has 0 radical (unpaired) electrons. The standard InChI is InChI=1S/C13H23N3OS/c1-12(2,3)8-7-18-11(15-8)16-10(17)9(14)13(4,5)6/h7,9H,14H2,1-6H3,(H,15,16,17)/t9-/m1/s1. The summed E-state index contributed by atoms with van der Waals surface area (Å²) in [5.41, 5.74) is 6.61. The second-order valence-electron chi connectivity index (χ2n) is 6.62. The van der Waals surface area contributed by atoms with Crippen LogP contribution in [-0.4, -0.2) is 16.9 Å². The van der Waals surface area contributed by atoms with Crippen molar-refractivity contribution in [1.29, 1.82) is 0 Å². The van der Waals surface area contributed by atoms with Crippen LogP contribution in [0.5, 0.6) is 0 Å². The van der Waals surface area contributed by atoms with Crippen molar-refractivity contribution in [3.05, 3.63) is 11.1 Å². The van der Waals surface area contributed by atoms with E-state index in [1.807, 2.05) is 26.2 Å². The van der Waals surface area contributed by atoms with Gasteiger partial charge in [0.2, 0.25) is 5.91 Å². The Balaban J connectivity index is 2.75. The van der Waals surface area contributed by atoms with Gasteiger partial charge in [0.1, 0.15) is 0 Å². The summed E-state index contributed by atoms with van der Waals surface area (Å²) in [5, 5.41) is 5.37. The predicted octanol–water partition coefficient (Wildman–Crippen LogP) is 2.75. The highest BCUT2D eigenvalue weighted by atomic mass is 32.1. The molecule has 4 nitrogen and oxygen atoms in total. The van der Waals surface area contributed by atoms with E-state index in [-0.39, 0.29) is 16.7 Å². The Morgan fingerprint density at radius 1 is 1.33 bits per heavy atom. The summed E-state index contributed by atoms with van der Waals surface area (Å²) in [6.45, 7) is 12.1. The molecule has 1 rings (SSSR count). The summed E-state index contributed by atoms with van der Waals surface area (Å²) in [4.78, 5) is 16.4. The van der Waals surface area contributed by atoms with Gasteiger partial charge in [0.15, 0.2) is 5.13 Å². The molecule has 0 bridgehead atoms. The van der Waals surface area contributed by atoms with Gasteiger partial charge in [-0.3, -0.25) is 4.79 Å². The van der Waals surface area contributed by atoms with E-state index in [0.717, 1.165) is 5.69 Å². The molecule has 0 saturated heterocycles. The maximum absolute atomic E-state index is 11.9. The molecule has 1 atom stereocenters. The minimum atomic E-state index is -0.542. The van der Waals surface area contributed by atoms with Crippen molar-refractivity contribution in [1.82, 2.24) is 4.98 Å². The summed E-state index contributed by atoms with van der Waals surface area (Å²) in [6.07, 6.45) is 0. The van der Waals surface area contributed by atoms with Gasteiger partial charge < -0.3 is 11.1 Å². The number of rotatable bonds is 2. The van der Waals surface area contributed by atoms with Crippen LogP contribution in [0.4, 0.5) is 5.13 Å². The molecule has 1 amide bonds. The Morgan fingerprint density at radius 2 is 1.89 bits per heavy atom. The first-order chi connectivity index (χ1) is 8.01. The molecule has 0 aromatic carbocycles. The lowest BCUT2D eigenvalue weighted by atomic mass is 9.87. The average molecular weight is 269 g/mol. The van der Waals surface area contributed by atoms with Gasteiger partial charge >= 0.3 is 0 Å². The van der Waals surface area contributed by atoms with Crippen LogP contribution in [0.25, 0.3) is 0 Å². The zero-order valence-corrected chi connectivity index (χ0v) is 12.8. The molecule has 102 valence electrons. The first kappa shape index (κ1) is 15.1. The quantitative estimate of drug-likeness (QED) is 0.867. The van der Waals surface area contributed by atoms with Crippen molar-refractivity contribution in [2.75, 3.05) is 5.32 Å². The van der Waals surface area contributed by atoms with E-state index in [2.05, 4.69) is 31.1 Å². The maximum atomic E-state index is 11.9. The van der Waals surface area contributed by atoms with Crippen LogP contribution in [0.1, 0.15) is 47.2 Å². The first-order valence-corrected chi connectivity index (χ1v) is 6.92. The Kier molecular flexibility index (Phi) is 4.18. The van der Waals surface area contributed by atoms with Crippen LogP contribution in [0.3, 0.4) is 0 Å². The smallest absolute Gasteiger partial charge is 0.243 e. The van der Waals surface area contributed by atoms with E-state index in [1.54, 1.807) is 0 Å². The van der Waals surface area contributed by atoms with Crippen LogP contribution in [0.15, 0.2) is 5.38 Å². The third-order valence-electron chi connectivity index (χ3n) is 2.72. The maximum Gasteiger partial charge on any atom is 0.243 e. The highest BCUT2D eigenvalue weighted by molar-refractivity contribution is 7.13. The van der Waals surface area contributed by atoms with Crippen molar-refractivity contribution >= 4 is 22.4 Å². The van der Waals surface area contributed by atoms with Gasteiger partial charge in [0.25, 0.3) is 0 Å². The number of nitrogens with one attached hydrogen (secondary N) is 1. The summed E-state index contributed by atoms with van der Waals surface area (Å²) in [5.74, 6) is -0.183. The molecule has 1 aromatic rings. The number of hydrogen-bond donors (Lipinski definition) is 2. The largest absolute Gasteiger partial charge is 0.319 e. The number of amides is 1. The average Bonchev–Trinajstić information content (AvgIpc) is 2.62. The van der Waals surface area contributed by atoms with E-state index >= 15 is 0 Å². The second kappa shape index (κ2) is 4.97. The van der Waals surface area contributed by atoms with Crippen molar-refractivity contribution < 1.29 is 4.79 Å². The van der Waals surface area contributed by atoms with E-state index in [0.29, 0.717) is 5.13 Å². The lowest BCUT2D eigenvalue weighted by Gasteiger charge is -2.25. The molecular formula is C13H23N3OS. The second-order valence-corrected chi connectivity index (χ2v) is 7.48. The highest BCUT2D eigenvalue weighted by Crippen LogP contribution is 2.27. The van der Waals surface area contributed by atoms with E-state index in [4.69, 9.17) is 5.73 Å². The zero-order valence-electron chi connectivity index (χ0n) is 12.0. The number of aromatic nitrogens is 1. The third-order valence-corrected chi connectivity index (χ3v) is 3.48. The van der Waals surface area contributed by atoms with E-state index < -0.39 is 6.04 Å². The summed E-state index contributed by atoms with van der Waals surface area (Å²) >= 11 is 1.43. The van der Waals surface area contributed by atoms with Gasteiger partial charge in [-0.2, -0.15) is 0 Å². The lowest BCUT2D eigenvalue weighted by molar-refractivity contribution is -0.119. The SMILES string of the molecule is CC(C)(C)c1csc(NC(=O)[C@@H](N)C(C)(C)C)n1. The normalized spacial score (nSPS) is 14.4. The summed E-state index contributed by atoms with van der Waals surface area (Å²) in [7, 11) is 0. The molecule has 1 heterocycles. The number of hydrogen-bond acceptors (Lipinski definition) is 4. The van der Waals surface area contributed by atoms with Crippen LogP contribution in [0.2, 0.25) is 0 Å². The van der Waals surface area contributed by atoms with Crippen molar-refractivity contribution in [3.63, 3.8) is 0 Å². The molecule has 1 aromatic heterocycles. The number of anilines is 1. The minimum absolute atomic E-state index is 0.00831. The molecule has 5 heteroatoms. The van der Waals surface area contributed by atoms with Gasteiger partial charge in [-0.05, 0) is 5.41 Å². The topological polar surface area (TPSA) is 68.0 Å². The van der Waals surface area contributed by atoms with Gasteiger partial charge in [-0.1, -0.05) is 41.5 Å². The Morgan fingerprint density at radius 3 is 2.28 bits per heavy atom. The minimum Gasteiger partial charge on any atom is -0.319 e. The molecule has 0 aliphatic carbocycles. The first-order valence-electron chi connectivity index (χ1n) is 6.04. The van der Waals surface area contributed by atoms with Gasteiger partial charge in [0, 0.05) is 10.8 Å².